The molecule has 0 unspecified atom stereocenters. The number of rotatable bonds is 5. The smallest absolute Gasteiger partial charge is 0.223 e. The second-order valence-electron chi connectivity index (χ2n) is 6.23. The highest BCUT2D eigenvalue weighted by molar-refractivity contribution is 5.77. The molecule has 128 valence electrons. The van der Waals surface area contributed by atoms with Crippen LogP contribution in [0.25, 0.3) is 0 Å². The fourth-order valence-corrected chi connectivity index (χ4v) is 3.32. The van der Waals surface area contributed by atoms with Gasteiger partial charge in [0, 0.05) is 26.4 Å². The molecule has 1 aliphatic heterocycles. The fraction of sp³-hybridized carbons (Fsp3) is 0.500. The molecule has 3 rings (SSSR count). The first-order valence-electron chi connectivity index (χ1n) is 8.45. The van der Waals surface area contributed by atoms with Gasteiger partial charge in [0.25, 0.3) is 0 Å². The second kappa shape index (κ2) is 7.47. The molecule has 0 spiro atoms. The number of methoxy groups -OCH3 is 1. The highest BCUT2D eigenvalue weighted by atomic mass is 16.5. The molecular formula is C18H24N4O2. The van der Waals surface area contributed by atoms with Gasteiger partial charge in [0.1, 0.15) is 17.9 Å². The summed E-state index contributed by atoms with van der Waals surface area (Å²) in [7, 11) is 3.57. The molecule has 0 saturated carbocycles. The van der Waals surface area contributed by atoms with E-state index in [-0.39, 0.29) is 11.9 Å². The van der Waals surface area contributed by atoms with Gasteiger partial charge in [-0.05, 0) is 37.0 Å². The van der Waals surface area contributed by atoms with Crippen LogP contribution in [-0.2, 0) is 18.3 Å². The largest absolute Gasteiger partial charge is 0.497 e. The molecule has 1 saturated heterocycles. The lowest BCUT2D eigenvalue weighted by molar-refractivity contribution is -0.135. The van der Waals surface area contributed by atoms with Gasteiger partial charge in [-0.15, -0.1) is 10.2 Å². The molecule has 1 atom stereocenters. The summed E-state index contributed by atoms with van der Waals surface area (Å²) < 4.78 is 7.19. The number of carbonyl (C=O) groups excluding carboxylic acids is 1. The van der Waals surface area contributed by atoms with Crippen molar-refractivity contribution in [1.82, 2.24) is 19.7 Å². The van der Waals surface area contributed by atoms with Gasteiger partial charge in [0.2, 0.25) is 5.91 Å². The number of piperidine rings is 1. The summed E-state index contributed by atoms with van der Waals surface area (Å²) in [5.74, 6) is 1.87. The van der Waals surface area contributed by atoms with Crippen molar-refractivity contribution < 1.29 is 9.53 Å². The molecule has 2 heterocycles. The van der Waals surface area contributed by atoms with Crippen molar-refractivity contribution in [3.8, 4) is 5.75 Å². The van der Waals surface area contributed by atoms with E-state index in [9.17, 15) is 4.79 Å². The number of hydrogen-bond acceptors (Lipinski definition) is 4. The third-order valence-electron chi connectivity index (χ3n) is 4.67. The van der Waals surface area contributed by atoms with Gasteiger partial charge in [-0.2, -0.15) is 0 Å². The van der Waals surface area contributed by atoms with E-state index in [4.69, 9.17) is 4.74 Å². The predicted octanol–water partition coefficient (Wildman–Crippen LogP) is 2.51. The number of ether oxygens (including phenoxy) is 1. The molecule has 1 fully saturated rings. The number of benzene rings is 1. The summed E-state index contributed by atoms with van der Waals surface area (Å²) in [5.41, 5.74) is 1.15. The molecule has 0 aliphatic carbocycles. The van der Waals surface area contributed by atoms with E-state index in [1.165, 1.54) is 0 Å². The molecule has 0 radical (unpaired) electrons. The SMILES string of the molecule is COc1cccc([C@@H]2CCCCN2C(=O)CCc2nncn2C)c1. The molecule has 0 bridgehead atoms. The van der Waals surface area contributed by atoms with Crippen molar-refractivity contribution in [2.45, 2.75) is 38.1 Å². The quantitative estimate of drug-likeness (QED) is 0.846. The van der Waals surface area contributed by atoms with Gasteiger partial charge in [-0.25, -0.2) is 0 Å². The number of aryl methyl sites for hydroxylation is 2. The van der Waals surface area contributed by atoms with Gasteiger partial charge in [0.05, 0.1) is 13.2 Å². The molecule has 24 heavy (non-hydrogen) atoms. The van der Waals surface area contributed by atoms with Crippen LogP contribution in [0.5, 0.6) is 5.75 Å². The van der Waals surface area contributed by atoms with E-state index < -0.39 is 0 Å². The first-order chi connectivity index (χ1) is 11.7. The van der Waals surface area contributed by atoms with Crippen molar-refractivity contribution in [3.63, 3.8) is 0 Å². The van der Waals surface area contributed by atoms with Crippen molar-refractivity contribution in [1.29, 1.82) is 0 Å². The summed E-state index contributed by atoms with van der Waals surface area (Å²) >= 11 is 0. The van der Waals surface area contributed by atoms with Crippen LogP contribution >= 0.6 is 0 Å². The number of likely N-dealkylation sites (tertiary alicyclic amines) is 1. The highest BCUT2D eigenvalue weighted by Crippen LogP contribution is 2.33. The first kappa shape index (κ1) is 16.5. The maximum atomic E-state index is 12.8. The monoisotopic (exact) mass is 328 g/mol. The maximum absolute atomic E-state index is 12.8. The van der Waals surface area contributed by atoms with Crippen LogP contribution < -0.4 is 4.74 Å². The van der Waals surface area contributed by atoms with E-state index in [0.717, 1.165) is 42.9 Å². The Bertz CT molecular complexity index is 698. The van der Waals surface area contributed by atoms with Crippen LogP contribution in [0.2, 0.25) is 0 Å². The standard InChI is InChI=1S/C18H24N4O2/c1-21-13-19-20-17(21)9-10-18(23)22-11-4-3-8-16(22)14-6-5-7-15(12-14)24-2/h5-7,12-13,16H,3-4,8-11H2,1-2H3/t16-/m0/s1. The molecule has 0 N–H and O–H groups in total. The van der Waals surface area contributed by atoms with Crippen molar-refractivity contribution >= 4 is 5.91 Å². The van der Waals surface area contributed by atoms with E-state index in [2.05, 4.69) is 16.3 Å². The molecule has 6 heteroatoms. The topological polar surface area (TPSA) is 60.2 Å². The number of nitrogens with zero attached hydrogens (tertiary/aromatic N) is 4. The second-order valence-corrected chi connectivity index (χ2v) is 6.23. The van der Waals surface area contributed by atoms with Crippen molar-refractivity contribution in [2.24, 2.45) is 7.05 Å². The zero-order chi connectivity index (χ0) is 16.9. The summed E-state index contributed by atoms with van der Waals surface area (Å²) in [6.45, 7) is 0.819. The Morgan fingerprint density at radius 1 is 1.38 bits per heavy atom. The minimum atomic E-state index is 0.140. The minimum absolute atomic E-state index is 0.140. The number of hydrogen-bond donors (Lipinski definition) is 0. The lowest BCUT2D eigenvalue weighted by Gasteiger charge is -2.36. The molecule has 1 aromatic heterocycles. The minimum Gasteiger partial charge on any atom is -0.497 e. The molecule has 6 nitrogen and oxygen atoms in total. The van der Waals surface area contributed by atoms with E-state index in [0.29, 0.717) is 12.8 Å². The predicted molar refractivity (Wildman–Crippen MR) is 90.6 cm³/mol. The fourth-order valence-electron chi connectivity index (χ4n) is 3.32. The van der Waals surface area contributed by atoms with Crippen molar-refractivity contribution in [2.75, 3.05) is 13.7 Å². The van der Waals surface area contributed by atoms with Gasteiger partial charge in [-0.3, -0.25) is 4.79 Å². The highest BCUT2D eigenvalue weighted by Gasteiger charge is 2.28. The Hall–Kier alpha value is -2.37. The van der Waals surface area contributed by atoms with Crippen molar-refractivity contribution in [3.05, 3.63) is 42.0 Å². The van der Waals surface area contributed by atoms with Crippen LogP contribution in [0.1, 0.15) is 43.1 Å². The average Bonchev–Trinajstić information content (AvgIpc) is 3.04. The number of carbonyl (C=O) groups is 1. The Morgan fingerprint density at radius 3 is 3.00 bits per heavy atom. The Kier molecular flexibility index (Phi) is 5.13. The molecule has 1 aliphatic rings. The maximum Gasteiger partial charge on any atom is 0.223 e. The third-order valence-corrected chi connectivity index (χ3v) is 4.67. The van der Waals surface area contributed by atoms with E-state index in [1.807, 2.05) is 34.7 Å². The van der Waals surface area contributed by atoms with Gasteiger partial charge >= 0.3 is 0 Å². The number of aromatic nitrogens is 3. The van der Waals surface area contributed by atoms with Crippen LogP contribution in [0.4, 0.5) is 0 Å². The van der Waals surface area contributed by atoms with E-state index >= 15 is 0 Å². The molecule has 2 aromatic rings. The van der Waals surface area contributed by atoms with Crippen LogP contribution in [0, 0.1) is 0 Å². The van der Waals surface area contributed by atoms with Crippen LogP contribution in [-0.4, -0.2) is 39.2 Å². The lowest BCUT2D eigenvalue weighted by Crippen LogP contribution is -2.38. The summed E-state index contributed by atoms with van der Waals surface area (Å²) in [5, 5.41) is 7.93. The number of amides is 1. The zero-order valence-corrected chi connectivity index (χ0v) is 14.3. The van der Waals surface area contributed by atoms with Gasteiger partial charge < -0.3 is 14.2 Å². The lowest BCUT2D eigenvalue weighted by atomic mass is 9.94. The Balaban J connectivity index is 1.71. The average molecular weight is 328 g/mol. The first-order valence-corrected chi connectivity index (χ1v) is 8.45. The third kappa shape index (κ3) is 3.58. The Labute approximate surface area is 142 Å². The van der Waals surface area contributed by atoms with Gasteiger partial charge in [-0.1, -0.05) is 12.1 Å². The molecular weight excluding hydrogens is 304 g/mol. The summed E-state index contributed by atoms with van der Waals surface area (Å²) in [6, 6.07) is 8.19. The van der Waals surface area contributed by atoms with Crippen LogP contribution in [0.15, 0.2) is 30.6 Å². The summed E-state index contributed by atoms with van der Waals surface area (Å²) in [4.78, 5) is 14.8. The van der Waals surface area contributed by atoms with E-state index in [1.54, 1.807) is 13.4 Å². The van der Waals surface area contributed by atoms with Gasteiger partial charge in [0.15, 0.2) is 0 Å². The normalized spacial score (nSPS) is 17.8. The molecule has 1 aromatic carbocycles. The Morgan fingerprint density at radius 2 is 2.25 bits per heavy atom. The van der Waals surface area contributed by atoms with Crippen LogP contribution in [0.3, 0.4) is 0 Å². The summed E-state index contributed by atoms with van der Waals surface area (Å²) in [6.07, 6.45) is 5.97. The zero-order valence-electron chi connectivity index (χ0n) is 14.3. The molecule has 1 amide bonds.